The predicted octanol–water partition coefficient (Wildman–Crippen LogP) is 1.81. The largest absolute Gasteiger partial charge is 0.478 e. The Bertz CT molecular complexity index is 562. The second kappa shape index (κ2) is 3.30. The molecule has 15 heavy (non-hydrogen) atoms. The summed E-state index contributed by atoms with van der Waals surface area (Å²) in [5.41, 5.74) is 2.15. The van der Waals surface area contributed by atoms with E-state index in [0.29, 0.717) is 11.3 Å². The van der Waals surface area contributed by atoms with Crippen LogP contribution in [0.15, 0.2) is 10.7 Å². The summed E-state index contributed by atoms with van der Waals surface area (Å²) in [5, 5.41) is 13.1. The molecule has 0 bridgehead atoms. The first-order chi connectivity index (χ1) is 7.02. The van der Waals surface area contributed by atoms with Crippen LogP contribution in [-0.2, 0) is 0 Å². The molecule has 0 unspecified atom stereocenters. The Hall–Kier alpha value is -1.43. The van der Waals surface area contributed by atoms with Gasteiger partial charge in [0.15, 0.2) is 5.65 Å². The molecule has 2 rings (SSSR count). The molecule has 0 aliphatic rings. The van der Waals surface area contributed by atoms with Crippen LogP contribution in [0.3, 0.4) is 0 Å². The van der Waals surface area contributed by atoms with Gasteiger partial charge in [-0.2, -0.15) is 5.10 Å². The number of aryl methyl sites for hydroxylation is 2. The molecule has 0 aliphatic carbocycles. The zero-order valence-corrected chi connectivity index (χ0v) is 9.74. The van der Waals surface area contributed by atoms with Crippen LogP contribution in [0.5, 0.6) is 0 Å². The number of nitrogens with zero attached hydrogens (tertiary/aromatic N) is 3. The summed E-state index contributed by atoms with van der Waals surface area (Å²) in [6.45, 7) is 3.54. The number of aromatic carboxylic acids is 1. The lowest BCUT2D eigenvalue weighted by atomic mass is 10.2. The van der Waals surface area contributed by atoms with Crippen molar-refractivity contribution in [1.82, 2.24) is 14.6 Å². The van der Waals surface area contributed by atoms with Gasteiger partial charge in [0.05, 0.1) is 21.4 Å². The zero-order valence-electron chi connectivity index (χ0n) is 8.15. The lowest BCUT2D eigenvalue weighted by Gasteiger charge is -2.02. The van der Waals surface area contributed by atoms with E-state index >= 15 is 0 Å². The van der Waals surface area contributed by atoms with Gasteiger partial charge in [0, 0.05) is 6.20 Å². The first kappa shape index (κ1) is 10.1. The maximum absolute atomic E-state index is 10.9. The Morgan fingerprint density at radius 2 is 2.20 bits per heavy atom. The number of hydrogen-bond acceptors (Lipinski definition) is 3. The van der Waals surface area contributed by atoms with E-state index in [2.05, 4.69) is 26.0 Å². The molecule has 0 aliphatic heterocycles. The molecule has 6 heteroatoms. The molecule has 1 N–H and O–H groups in total. The van der Waals surface area contributed by atoms with E-state index in [-0.39, 0.29) is 5.56 Å². The average Bonchev–Trinajstić information content (AvgIpc) is 2.45. The van der Waals surface area contributed by atoms with E-state index < -0.39 is 5.97 Å². The van der Waals surface area contributed by atoms with Crippen molar-refractivity contribution in [1.29, 1.82) is 0 Å². The highest BCUT2D eigenvalue weighted by Gasteiger charge is 2.15. The Kier molecular flexibility index (Phi) is 2.22. The summed E-state index contributed by atoms with van der Waals surface area (Å²) in [5.74, 6) is -0.994. The van der Waals surface area contributed by atoms with Gasteiger partial charge >= 0.3 is 5.97 Å². The number of fused-ring (bicyclic) bond motifs is 1. The number of carboxylic acids is 1. The smallest absolute Gasteiger partial charge is 0.339 e. The predicted molar refractivity (Wildman–Crippen MR) is 57.1 cm³/mol. The molecule has 0 atom stereocenters. The SMILES string of the molecule is Cc1nn2c(C)c(C(=O)O)cnc2c1Br. The highest BCUT2D eigenvalue weighted by atomic mass is 79.9. The molecule has 5 nitrogen and oxygen atoms in total. The van der Waals surface area contributed by atoms with Crippen molar-refractivity contribution in [3.8, 4) is 0 Å². The van der Waals surface area contributed by atoms with Gasteiger partial charge in [0.2, 0.25) is 0 Å². The fraction of sp³-hybridized carbons (Fsp3) is 0.222. The molecular formula is C9H8BrN3O2. The van der Waals surface area contributed by atoms with Gasteiger partial charge < -0.3 is 5.11 Å². The van der Waals surface area contributed by atoms with Gasteiger partial charge in [-0.15, -0.1) is 0 Å². The van der Waals surface area contributed by atoms with Gasteiger partial charge in [-0.25, -0.2) is 14.3 Å². The summed E-state index contributed by atoms with van der Waals surface area (Å²) >= 11 is 3.35. The van der Waals surface area contributed by atoms with Crippen LogP contribution in [0.1, 0.15) is 21.7 Å². The van der Waals surface area contributed by atoms with E-state index in [4.69, 9.17) is 5.11 Å². The lowest BCUT2D eigenvalue weighted by Crippen LogP contribution is -2.06. The number of halogens is 1. The number of carboxylic acid groups (broad SMARTS) is 1. The highest BCUT2D eigenvalue weighted by molar-refractivity contribution is 9.10. The van der Waals surface area contributed by atoms with Crippen molar-refractivity contribution >= 4 is 27.5 Å². The summed E-state index contributed by atoms with van der Waals surface area (Å²) in [6.07, 6.45) is 1.35. The van der Waals surface area contributed by atoms with Crippen LogP contribution in [0.2, 0.25) is 0 Å². The van der Waals surface area contributed by atoms with Crippen molar-refractivity contribution < 1.29 is 9.90 Å². The van der Waals surface area contributed by atoms with E-state index in [1.807, 2.05) is 6.92 Å². The Labute approximate surface area is 93.9 Å². The van der Waals surface area contributed by atoms with Crippen LogP contribution in [0.25, 0.3) is 5.65 Å². The number of hydrogen-bond donors (Lipinski definition) is 1. The van der Waals surface area contributed by atoms with Gasteiger partial charge in [0.1, 0.15) is 0 Å². The summed E-state index contributed by atoms with van der Waals surface area (Å²) in [4.78, 5) is 14.9. The maximum atomic E-state index is 10.9. The molecule has 78 valence electrons. The Balaban J connectivity index is 2.85. The standard InChI is InChI=1S/C9H8BrN3O2/c1-4-7(10)8-11-3-6(9(14)15)5(2)13(8)12-4/h3H,1-2H3,(H,14,15). The molecule has 2 aromatic rings. The molecule has 0 fully saturated rings. The fourth-order valence-electron chi connectivity index (χ4n) is 1.38. The zero-order chi connectivity index (χ0) is 11.2. The van der Waals surface area contributed by atoms with Crippen molar-refractivity contribution in [2.75, 3.05) is 0 Å². The van der Waals surface area contributed by atoms with Crippen molar-refractivity contribution in [3.63, 3.8) is 0 Å². The van der Waals surface area contributed by atoms with E-state index in [1.54, 1.807) is 6.92 Å². The van der Waals surface area contributed by atoms with Crippen molar-refractivity contribution in [2.24, 2.45) is 0 Å². The first-order valence-corrected chi connectivity index (χ1v) is 5.05. The van der Waals surface area contributed by atoms with Crippen LogP contribution < -0.4 is 0 Å². The molecule has 0 amide bonds. The van der Waals surface area contributed by atoms with Crippen LogP contribution in [0.4, 0.5) is 0 Å². The maximum Gasteiger partial charge on any atom is 0.339 e. The van der Waals surface area contributed by atoms with Gasteiger partial charge in [-0.05, 0) is 29.8 Å². The van der Waals surface area contributed by atoms with Crippen molar-refractivity contribution in [2.45, 2.75) is 13.8 Å². The number of aromatic nitrogens is 3. The summed E-state index contributed by atoms with van der Waals surface area (Å²) < 4.78 is 2.32. The average molecular weight is 270 g/mol. The minimum absolute atomic E-state index is 0.164. The Morgan fingerprint density at radius 1 is 1.53 bits per heavy atom. The minimum atomic E-state index is -0.994. The van der Waals surface area contributed by atoms with Crippen LogP contribution in [-0.4, -0.2) is 25.7 Å². The third-order valence-corrected chi connectivity index (χ3v) is 3.15. The molecular weight excluding hydrogens is 262 g/mol. The fourth-order valence-corrected chi connectivity index (χ4v) is 1.73. The first-order valence-electron chi connectivity index (χ1n) is 4.26. The van der Waals surface area contributed by atoms with E-state index in [9.17, 15) is 4.79 Å². The third kappa shape index (κ3) is 1.41. The van der Waals surface area contributed by atoms with Gasteiger partial charge in [0.25, 0.3) is 0 Å². The molecule has 0 aromatic carbocycles. The molecule has 0 saturated heterocycles. The van der Waals surface area contributed by atoms with E-state index in [1.165, 1.54) is 10.7 Å². The monoisotopic (exact) mass is 269 g/mol. The van der Waals surface area contributed by atoms with Crippen LogP contribution in [0, 0.1) is 13.8 Å². The van der Waals surface area contributed by atoms with E-state index in [0.717, 1.165) is 10.2 Å². The normalized spacial score (nSPS) is 10.9. The Morgan fingerprint density at radius 3 is 2.80 bits per heavy atom. The molecule has 2 aromatic heterocycles. The lowest BCUT2D eigenvalue weighted by molar-refractivity contribution is 0.0695. The molecule has 0 spiro atoms. The minimum Gasteiger partial charge on any atom is -0.478 e. The summed E-state index contributed by atoms with van der Waals surface area (Å²) in [7, 11) is 0. The second-order valence-corrected chi connectivity index (χ2v) is 3.99. The van der Waals surface area contributed by atoms with Gasteiger partial charge in [-0.3, -0.25) is 0 Å². The molecule has 0 saturated carbocycles. The van der Waals surface area contributed by atoms with Gasteiger partial charge in [-0.1, -0.05) is 0 Å². The molecule has 0 radical (unpaired) electrons. The molecule has 2 heterocycles. The number of carbonyl (C=O) groups is 1. The number of rotatable bonds is 1. The highest BCUT2D eigenvalue weighted by Crippen LogP contribution is 2.21. The topological polar surface area (TPSA) is 67.5 Å². The van der Waals surface area contributed by atoms with Crippen molar-refractivity contribution in [3.05, 3.63) is 27.6 Å². The third-order valence-electron chi connectivity index (χ3n) is 2.22. The van der Waals surface area contributed by atoms with Crippen LogP contribution >= 0.6 is 15.9 Å². The second-order valence-electron chi connectivity index (χ2n) is 3.20. The quantitative estimate of drug-likeness (QED) is 0.858. The summed E-state index contributed by atoms with van der Waals surface area (Å²) in [6, 6.07) is 0.